The lowest BCUT2D eigenvalue weighted by molar-refractivity contribution is -0.0227. The Morgan fingerprint density at radius 2 is 1.19 bits per heavy atom. The summed E-state index contributed by atoms with van der Waals surface area (Å²) in [5.41, 5.74) is 0. The molecule has 166 valence electrons. The lowest BCUT2D eigenvalue weighted by Crippen LogP contribution is -2.52. The number of fused-ring (bicyclic) bond motifs is 6. The van der Waals surface area contributed by atoms with Crippen molar-refractivity contribution in [3.8, 4) is 17.2 Å². The summed E-state index contributed by atoms with van der Waals surface area (Å²) in [7, 11) is 0. The summed E-state index contributed by atoms with van der Waals surface area (Å²) < 4.78 is 12.0. The van der Waals surface area contributed by atoms with Crippen LogP contribution in [0, 0.1) is 11.8 Å². The summed E-state index contributed by atoms with van der Waals surface area (Å²) in [6.45, 7) is 6.95. The largest absolute Gasteiger partial charge is 0.489 e. The molecule has 31 heavy (non-hydrogen) atoms. The van der Waals surface area contributed by atoms with Gasteiger partial charge < -0.3 is 19.5 Å². The molecule has 6 saturated heterocycles. The van der Waals surface area contributed by atoms with Crippen LogP contribution in [0.15, 0.2) is 54.6 Å². The number of benzene rings is 2. The third-order valence-corrected chi connectivity index (χ3v) is 7.31. The second-order valence-electron chi connectivity index (χ2n) is 9.39. The molecule has 2 unspecified atom stereocenters. The highest BCUT2D eigenvalue weighted by atomic mass is 16.5. The molecule has 0 amide bonds. The molecule has 2 aromatic carbocycles. The molecule has 6 aliphatic heterocycles. The van der Waals surface area contributed by atoms with E-state index in [1.54, 1.807) is 0 Å². The summed E-state index contributed by atoms with van der Waals surface area (Å²) in [6.07, 6.45) is 5.35. The number of piperidine rings is 6. The van der Waals surface area contributed by atoms with E-state index in [2.05, 4.69) is 9.80 Å². The molecule has 2 aromatic rings. The Hall–Kier alpha value is -2.08. The predicted octanol–water partition coefficient (Wildman–Crippen LogP) is 4.02. The number of nitrogens with zero attached hydrogens (tertiary/aromatic N) is 2. The Kier molecular flexibility index (Phi) is 6.44. The lowest BCUT2D eigenvalue weighted by Gasteiger charge is -2.44. The van der Waals surface area contributed by atoms with Gasteiger partial charge in [-0.2, -0.15) is 0 Å². The average molecular weight is 423 g/mol. The van der Waals surface area contributed by atoms with Gasteiger partial charge in [-0.1, -0.05) is 18.2 Å². The predicted molar refractivity (Wildman–Crippen MR) is 122 cm³/mol. The van der Waals surface area contributed by atoms with E-state index in [0.717, 1.165) is 36.3 Å². The number of para-hydroxylation sites is 1. The van der Waals surface area contributed by atoms with Crippen molar-refractivity contribution >= 4 is 0 Å². The van der Waals surface area contributed by atoms with Crippen molar-refractivity contribution in [1.29, 1.82) is 0 Å². The summed E-state index contributed by atoms with van der Waals surface area (Å²) in [5, 5.41) is 9.36. The molecular formula is C26H34N2O3. The number of ether oxygens (including phenoxy) is 2. The normalized spacial score (nSPS) is 33.3. The number of hydrogen-bond acceptors (Lipinski definition) is 5. The summed E-state index contributed by atoms with van der Waals surface area (Å²) in [4.78, 5) is 4.86. The molecule has 0 saturated carbocycles. The minimum absolute atomic E-state index is 0.00694. The molecule has 4 bridgehead atoms. The second kappa shape index (κ2) is 9.60. The van der Waals surface area contributed by atoms with E-state index in [0.29, 0.717) is 12.0 Å². The van der Waals surface area contributed by atoms with Gasteiger partial charge in [0.2, 0.25) is 0 Å². The van der Waals surface area contributed by atoms with E-state index in [1.165, 1.54) is 51.9 Å². The van der Waals surface area contributed by atoms with Gasteiger partial charge in [0.25, 0.3) is 0 Å². The van der Waals surface area contributed by atoms with E-state index in [9.17, 15) is 5.11 Å². The standard InChI is InChI=1S/C19H21NO2.C7H13NO/c1-2-4-16(5-3-1)21-17-6-8-18(9-7-17)22-19-14-20-12-10-15(19)11-13-20;9-7-5-8-3-1-6(7)2-4-8/h1-9,15,19H,10-14H2;6-7,9H,1-5H2. The zero-order valence-corrected chi connectivity index (χ0v) is 18.2. The fourth-order valence-electron chi connectivity index (χ4n) is 5.36. The van der Waals surface area contributed by atoms with Crippen LogP contribution in [0.4, 0.5) is 0 Å². The smallest absolute Gasteiger partial charge is 0.127 e. The second-order valence-corrected chi connectivity index (χ2v) is 9.39. The molecule has 1 N–H and O–H groups in total. The van der Waals surface area contributed by atoms with Crippen molar-refractivity contribution in [1.82, 2.24) is 9.80 Å². The summed E-state index contributed by atoms with van der Waals surface area (Å²) in [5.74, 6) is 4.00. The zero-order chi connectivity index (χ0) is 21.0. The SMILES string of the molecule is OC1CN2CCC1CC2.c1ccc(Oc2ccc(OC3CN4CCC3CC4)cc2)cc1. The van der Waals surface area contributed by atoms with Crippen LogP contribution in [-0.2, 0) is 0 Å². The molecule has 5 nitrogen and oxygen atoms in total. The van der Waals surface area contributed by atoms with Gasteiger partial charge in [0.15, 0.2) is 0 Å². The van der Waals surface area contributed by atoms with Crippen molar-refractivity contribution in [2.24, 2.45) is 11.8 Å². The Morgan fingerprint density at radius 1 is 0.645 bits per heavy atom. The van der Waals surface area contributed by atoms with Gasteiger partial charge in [-0.25, -0.2) is 0 Å². The minimum atomic E-state index is -0.00694. The van der Waals surface area contributed by atoms with Gasteiger partial charge in [0.05, 0.1) is 6.10 Å². The van der Waals surface area contributed by atoms with Crippen molar-refractivity contribution in [3.05, 3.63) is 54.6 Å². The van der Waals surface area contributed by atoms with E-state index in [1.807, 2.05) is 54.6 Å². The van der Waals surface area contributed by atoms with Crippen molar-refractivity contribution < 1.29 is 14.6 Å². The number of hydrogen-bond donors (Lipinski definition) is 1. The highest BCUT2D eigenvalue weighted by Crippen LogP contribution is 2.31. The lowest BCUT2D eigenvalue weighted by atomic mass is 9.86. The Bertz CT molecular complexity index is 812. The Labute approximate surface area is 185 Å². The van der Waals surface area contributed by atoms with Crippen LogP contribution in [0.2, 0.25) is 0 Å². The zero-order valence-electron chi connectivity index (χ0n) is 18.2. The van der Waals surface area contributed by atoms with E-state index >= 15 is 0 Å². The molecule has 2 atom stereocenters. The molecule has 6 fully saturated rings. The molecule has 5 heteroatoms. The van der Waals surface area contributed by atoms with Gasteiger partial charge >= 0.3 is 0 Å². The monoisotopic (exact) mass is 422 g/mol. The molecule has 6 aliphatic rings. The highest BCUT2D eigenvalue weighted by Gasteiger charge is 2.35. The first-order valence-electron chi connectivity index (χ1n) is 11.9. The van der Waals surface area contributed by atoms with Gasteiger partial charge in [0.1, 0.15) is 23.4 Å². The maximum atomic E-state index is 9.36. The van der Waals surface area contributed by atoms with Crippen LogP contribution in [0.3, 0.4) is 0 Å². The van der Waals surface area contributed by atoms with E-state index < -0.39 is 0 Å². The van der Waals surface area contributed by atoms with Crippen LogP contribution in [0.1, 0.15) is 25.7 Å². The van der Waals surface area contributed by atoms with Crippen LogP contribution < -0.4 is 9.47 Å². The first-order valence-corrected chi connectivity index (χ1v) is 11.9. The molecule has 8 rings (SSSR count). The number of aliphatic hydroxyl groups is 1. The van der Waals surface area contributed by atoms with Crippen LogP contribution in [-0.4, -0.2) is 66.4 Å². The van der Waals surface area contributed by atoms with Crippen molar-refractivity contribution in [2.75, 3.05) is 39.3 Å². The Balaban J connectivity index is 0.000000189. The quantitative estimate of drug-likeness (QED) is 0.806. The molecule has 0 aliphatic carbocycles. The first-order chi connectivity index (χ1) is 15.2. The maximum Gasteiger partial charge on any atom is 0.127 e. The topological polar surface area (TPSA) is 45.2 Å². The molecule has 6 heterocycles. The van der Waals surface area contributed by atoms with E-state index in [-0.39, 0.29) is 6.10 Å². The average Bonchev–Trinajstić information content (AvgIpc) is 2.83. The maximum absolute atomic E-state index is 9.36. The van der Waals surface area contributed by atoms with Gasteiger partial charge in [0, 0.05) is 13.1 Å². The first kappa shape index (κ1) is 20.8. The van der Waals surface area contributed by atoms with Crippen LogP contribution in [0.5, 0.6) is 17.2 Å². The van der Waals surface area contributed by atoms with Crippen molar-refractivity contribution in [3.63, 3.8) is 0 Å². The molecule has 0 radical (unpaired) electrons. The third kappa shape index (κ3) is 5.22. The van der Waals surface area contributed by atoms with Crippen LogP contribution >= 0.6 is 0 Å². The third-order valence-electron chi connectivity index (χ3n) is 7.31. The minimum Gasteiger partial charge on any atom is -0.489 e. The van der Waals surface area contributed by atoms with Gasteiger partial charge in [-0.05, 0) is 100 Å². The fourth-order valence-corrected chi connectivity index (χ4v) is 5.36. The molecular weight excluding hydrogens is 388 g/mol. The summed E-state index contributed by atoms with van der Waals surface area (Å²) in [6, 6.07) is 17.8. The fraction of sp³-hybridized carbons (Fsp3) is 0.538. The van der Waals surface area contributed by atoms with Crippen molar-refractivity contribution in [2.45, 2.75) is 37.9 Å². The molecule has 0 spiro atoms. The summed E-state index contributed by atoms with van der Waals surface area (Å²) >= 11 is 0. The van der Waals surface area contributed by atoms with Gasteiger partial charge in [-0.15, -0.1) is 0 Å². The van der Waals surface area contributed by atoms with Gasteiger partial charge in [-0.3, -0.25) is 4.90 Å². The highest BCUT2D eigenvalue weighted by molar-refractivity contribution is 5.35. The molecule has 0 aromatic heterocycles. The number of aliphatic hydroxyl groups excluding tert-OH is 1. The Morgan fingerprint density at radius 3 is 1.68 bits per heavy atom. The number of rotatable bonds is 4. The van der Waals surface area contributed by atoms with Crippen LogP contribution in [0.25, 0.3) is 0 Å². The van der Waals surface area contributed by atoms with E-state index in [4.69, 9.17) is 9.47 Å².